The van der Waals surface area contributed by atoms with Gasteiger partial charge in [-0.1, -0.05) is 41.5 Å². The molecule has 0 amide bonds. The van der Waals surface area contributed by atoms with E-state index in [2.05, 4.69) is 41.5 Å². The molecule has 13 heavy (non-hydrogen) atoms. The summed E-state index contributed by atoms with van der Waals surface area (Å²) in [6.45, 7) is 14.5. The minimum absolute atomic E-state index is 0.582. The maximum atomic E-state index is 2.45. The van der Waals surface area contributed by atoms with Gasteiger partial charge >= 0.3 is 0 Å². The highest BCUT2D eigenvalue weighted by Gasteiger charge is 2.43. The standard InChI is InChI=1S/C13H26/c1-9(2)7-12-10(3)8-13(5,6)11(12)4/h9-12H,7-8H2,1-6H3. The van der Waals surface area contributed by atoms with Crippen LogP contribution in [0.5, 0.6) is 0 Å². The zero-order valence-electron chi connectivity index (χ0n) is 10.2. The molecule has 0 spiro atoms. The lowest BCUT2D eigenvalue weighted by Gasteiger charge is -2.28. The molecule has 0 heteroatoms. The molecule has 1 saturated carbocycles. The molecule has 0 aliphatic heterocycles. The summed E-state index contributed by atoms with van der Waals surface area (Å²) in [6, 6.07) is 0. The Balaban J connectivity index is 2.65. The van der Waals surface area contributed by atoms with E-state index < -0.39 is 0 Å². The lowest BCUT2D eigenvalue weighted by Crippen LogP contribution is -2.20. The predicted molar refractivity (Wildman–Crippen MR) is 59.7 cm³/mol. The van der Waals surface area contributed by atoms with Crippen molar-refractivity contribution >= 4 is 0 Å². The minimum atomic E-state index is 0.582. The summed E-state index contributed by atoms with van der Waals surface area (Å²) >= 11 is 0. The van der Waals surface area contributed by atoms with Gasteiger partial charge < -0.3 is 0 Å². The maximum absolute atomic E-state index is 2.45. The van der Waals surface area contributed by atoms with Crippen LogP contribution >= 0.6 is 0 Å². The molecule has 0 bridgehead atoms. The second kappa shape index (κ2) is 3.63. The molecule has 0 saturated heterocycles. The third kappa shape index (κ3) is 2.27. The predicted octanol–water partition coefficient (Wildman–Crippen LogP) is 4.35. The summed E-state index contributed by atoms with van der Waals surface area (Å²) in [6.07, 6.45) is 2.84. The monoisotopic (exact) mass is 182 g/mol. The zero-order valence-corrected chi connectivity index (χ0v) is 10.2. The van der Waals surface area contributed by atoms with Crippen LogP contribution in [0, 0.1) is 29.1 Å². The summed E-state index contributed by atoms with van der Waals surface area (Å²) in [5.41, 5.74) is 0.582. The van der Waals surface area contributed by atoms with E-state index in [1.807, 2.05) is 0 Å². The third-order valence-electron chi connectivity index (χ3n) is 4.20. The van der Waals surface area contributed by atoms with E-state index in [1.54, 1.807) is 0 Å². The summed E-state index contributed by atoms with van der Waals surface area (Å²) in [7, 11) is 0. The maximum Gasteiger partial charge on any atom is -0.0323 e. The largest absolute Gasteiger partial charge is 0.0628 e. The molecule has 1 fully saturated rings. The van der Waals surface area contributed by atoms with Crippen molar-refractivity contribution in [2.45, 2.75) is 54.4 Å². The van der Waals surface area contributed by atoms with Gasteiger partial charge in [0.15, 0.2) is 0 Å². The molecule has 0 N–H and O–H groups in total. The summed E-state index contributed by atoms with van der Waals surface area (Å²) in [5, 5.41) is 0. The van der Waals surface area contributed by atoms with Crippen LogP contribution in [0.15, 0.2) is 0 Å². The van der Waals surface area contributed by atoms with Crippen molar-refractivity contribution in [3.63, 3.8) is 0 Å². The summed E-state index contributed by atoms with van der Waals surface area (Å²) in [5.74, 6) is 3.68. The third-order valence-corrected chi connectivity index (χ3v) is 4.20. The van der Waals surface area contributed by atoms with Crippen molar-refractivity contribution in [1.29, 1.82) is 0 Å². The zero-order chi connectivity index (χ0) is 10.2. The van der Waals surface area contributed by atoms with Gasteiger partial charge in [0.25, 0.3) is 0 Å². The molecule has 78 valence electrons. The minimum Gasteiger partial charge on any atom is -0.0628 e. The highest BCUT2D eigenvalue weighted by Crippen LogP contribution is 2.51. The molecular formula is C13H26. The van der Waals surface area contributed by atoms with Crippen LogP contribution in [0.3, 0.4) is 0 Å². The summed E-state index contributed by atoms with van der Waals surface area (Å²) < 4.78 is 0. The first-order valence-electron chi connectivity index (χ1n) is 5.84. The molecule has 1 aliphatic carbocycles. The van der Waals surface area contributed by atoms with Crippen LogP contribution in [-0.4, -0.2) is 0 Å². The van der Waals surface area contributed by atoms with E-state index in [-0.39, 0.29) is 0 Å². The van der Waals surface area contributed by atoms with Crippen LogP contribution in [0.25, 0.3) is 0 Å². The lowest BCUT2D eigenvalue weighted by molar-refractivity contribution is 0.215. The Labute approximate surface area is 84.1 Å². The van der Waals surface area contributed by atoms with Gasteiger partial charge in [-0.2, -0.15) is 0 Å². The van der Waals surface area contributed by atoms with Crippen LogP contribution in [-0.2, 0) is 0 Å². The molecular weight excluding hydrogens is 156 g/mol. The van der Waals surface area contributed by atoms with E-state index in [1.165, 1.54) is 12.8 Å². The highest BCUT2D eigenvalue weighted by atomic mass is 14.5. The van der Waals surface area contributed by atoms with E-state index in [0.29, 0.717) is 5.41 Å². The van der Waals surface area contributed by atoms with Crippen molar-refractivity contribution in [2.24, 2.45) is 29.1 Å². The summed E-state index contributed by atoms with van der Waals surface area (Å²) in [4.78, 5) is 0. The normalized spacial score (nSPS) is 38.5. The van der Waals surface area contributed by atoms with Gasteiger partial charge in [-0.05, 0) is 41.9 Å². The Hall–Kier alpha value is 0. The van der Waals surface area contributed by atoms with Crippen LogP contribution in [0.2, 0.25) is 0 Å². The Morgan fingerprint density at radius 3 is 2.08 bits per heavy atom. The molecule has 0 radical (unpaired) electrons. The fraction of sp³-hybridized carbons (Fsp3) is 1.00. The Kier molecular flexibility index (Phi) is 3.09. The number of rotatable bonds is 2. The van der Waals surface area contributed by atoms with E-state index in [0.717, 1.165) is 23.7 Å². The van der Waals surface area contributed by atoms with Gasteiger partial charge in [0.2, 0.25) is 0 Å². The molecule has 0 aromatic carbocycles. The first-order chi connectivity index (χ1) is 5.84. The molecule has 1 rings (SSSR count). The van der Waals surface area contributed by atoms with Crippen LogP contribution < -0.4 is 0 Å². The van der Waals surface area contributed by atoms with E-state index in [4.69, 9.17) is 0 Å². The Morgan fingerprint density at radius 2 is 1.77 bits per heavy atom. The van der Waals surface area contributed by atoms with Gasteiger partial charge in [-0.15, -0.1) is 0 Å². The van der Waals surface area contributed by atoms with Crippen molar-refractivity contribution in [1.82, 2.24) is 0 Å². The number of hydrogen-bond acceptors (Lipinski definition) is 0. The first-order valence-corrected chi connectivity index (χ1v) is 5.84. The topological polar surface area (TPSA) is 0 Å². The Morgan fingerprint density at radius 1 is 1.23 bits per heavy atom. The van der Waals surface area contributed by atoms with E-state index >= 15 is 0 Å². The average molecular weight is 182 g/mol. The molecule has 3 unspecified atom stereocenters. The van der Waals surface area contributed by atoms with Gasteiger partial charge in [-0.3, -0.25) is 0 Å². The molecule has 0 nitrogen and oxygen atoms in total. The van der Waals surface area contributed by atoms with Crippen molar-refractivity contribution in [3.8, 4) is 0 Å². The molecule has 0 aromatic heterocycles. The van der Waals surface area contributed by atoms with Crippen LogP contribution in [0.4, 0.5) is 0 Å². The average Bonchev–Trinajstić information content (AvgIpc) is 2.12. The second-order valence-corrected chi connectivity index (χ2v) is 6.25. The van der Waals surface area contributed by atoms with Gasteiger partial charge in [-0.25, -0.2) is 0 Å². The van der Waals surface area contributed by atoms with Gasteiger partial charge in [0.05, 0.1) is 0 Å². The fourth-order valence-electron chi connectivity index (χ4n) is 3.22. The molecule has 0 aromatic rings. The number of hydrogen-bond donors (Lipinski definition) is 0. The highest BCUT2D eigenvalue weighted by molar-refractivity contribution is 4.92. The molecule has 1 aliphatic rings. The van der Waals surface area contributed by atoms with Crippen LogP contribution in [0.1, 0.15) is 54.4 Å². The van der Waals surface area contributed by atoms with Gasteiger partial charge in [0.1, 0.15) is 0 Å². The van der Waals surface area contributed by atoms with Gasteiger partial charge in [0, 0.05) is 0 Å². The quantitative estimate of drug-likeness (QED) is 0.595. The molecule has 3 atom stereocenters. The smallest absolute Gasteiger partial charge is 0.0323 e. The second-order valence-electron chi connectivity index (χ2n) is 6.25. The Bertz CT molecular complexity index is 167. The molecule has 0 heterocycles. The van der Waals surface area contributed by atoms with Crippen molar-refractivity contribution in [3.05, 3.63) is 0 Å². The SMILES string of the molecule is CC(C)CC1C(C)CC(C)(C)C1C. The van der Waals surface area contributed by atoms with Crippen molar-refractivity contribution in [2.75, 3.05) is 0 Å². The van der Waals surface area contributed by atoms with Crippen molar-refractivity contribution < 1.29 is 0 Å². The fourth-order valence-corrected chi connectivity index (χ4v) is 3.22. The first kappa shape index (κ1) is 11.1. The van der Waals surface area contributed by atoms with E-state index in [9.17, 15) is 0 Å². The lowest BCUT2D eigenvalue weighted by atomic mass is 9.77.